The molecule has 0 aliphatic carbocycles. The third kappa shape index (κ3) is 4.18. The van der Waals surface area contributed by atoms with Crippen LogP contribution in [0.3, 0.4) is 0 Å². The molecule has 0 spiro atoms. The Kier molecular flexibility index (Phi) is 5.82. The number of hydrogen-bond acceptors (Lipinski definition) is 3. The Morgan fingerprint density at radius 3 is 2.58 bits per heavy atom. The van der Waals surface area contributed by atoms with Gasteiger partial charge in [-0.1, -0.05) is 24.6 Å². The number of amides is 1. The first kappa shape index (κ1) is 18.3. The minimum absolute atomic E-state index is 0.133. The Morgan fingerprint density at radius 2 is 1.88 bits per heavy atom. The zero-order valence-electron chi connectivity index (χ0n) is 15.9. The van der Waals surface area contributed by atoms with Crippen LogP contribution in [0.4, 0.5) is 5.69 Å². The molecule has 138 valence electrons. The van der Waals surface area contributed by atoms with Crippen LogP contribution in [0, 0.1) is 0 Å². The average molecular weight is 352 g/mol. The van der Waals surface area contributed by atoms with Crippen molar-refractivity contribution in [1.82, 2.24) is 4.90 Å². The maximum absolute atomic E-state index is 13.1. The molecule has 26 heavy (non-hydrogen) atoms. The van der Waals surface area contributed by atoms with Crippen molar-refractivity contribution >= 4 is 11.6 Å². The number of ether oxygens (including phenoxy) is 1. The number of nitrogens with zero attached hydrogens (tertiary/aromatic N) is 2. The van der Waals surface area contributed by atoms with Crippen molar-refractivity contribution in [2.75, 3.05) is 39.2 Å². The Labute approximate surface area is 156 Å². The van der Waals surface area contributed by atoms with E-state index in [9.17, 15) is 4.79 Å². The average Bonchev–Trinajstić information content (AvgIpc) is 2.94. The molecule has 1 unspecified atom stereocenters. The van der Waals surface area contributed by atoms with Gasteiger partial charge in [-0.2, -0.15) is 0 Å². The van der Waals surface area contributed by atoms with Crippen molar-refractivity contribution in [1.29, 1.82) is 0 Å². The Morgan fingerprint density at radius 1 is 1.12 bits per heavy atom. The van der Waals surface area contributed by atoms with Gasteiger partial charge in [0.15, 0.2) is 0 Å². The number of methoxy groups -OCH3 is 1. The van der Waals surface area contributed by atoms with Gasteiger partial charge < -0.3 is 14.5 Å². The lowest BCUT2D eigenvalue weighted by atomic mass is 9.94. The van der Waals surface area contributed by atoms with Gasteiger partial charge in [0.25, 0.3) is 5.91 Å². The van der Waals surface area contributed by atoms with E-state index in [1.807, 2.05) is 60.3 Å². The van der Waals surface area contributed by atoms with E-state index in [4.69, 9.17) is 4.74 Å². The fraction of sp³-hybridized carbons (Fsp3) is 0.409. The quantitative estimate of drug-likeness (QED) is 0.828. The van der Waals surface area contributed by atoms with E-state index in [-0.39, 0.29) is 5.91 Å². The lowest BCUT2D eigenvalue weighted by Crippen LogP contribution is -2.34. The van der Waals surface area contributed by atoms with Crippen LogP contribution in [0.25, 0.3) is 0 Å². The minimum atomic E-state index is 0.133. The molecule has 2 aromatic rings. The molecular weight excluding hydrogens is 324 g/mol. The molecule has 2 aromatic carbocycles. The molecule has 1 aliphatic rings. The first-order chi connectivity index (χ1) is 12.6. The maximum Gasteiger partial charge on any atom is 0.253 e. The number of rotatable bonds is 4. The summed E-state index contributed by atoms with van der Waals surface area (Å²) >= 11 is 0. The van der Waals surface area contributed by atoms with Gasteiger partial charge in [-0.15, -0.1) is 0 Å². The van der Waals surface area contributed by atoms with Gasteiger partial charge in [-0.25, -0.2) is 0 Å². The first-order valence-electron chi connectivity index (χ1n) is 9.29. The van der Waals surface area contributed by atoms with Crippen molar-refractivity contribution in [3.63, 3.8) is 0 Å². The van der Waals surface area contributed by atoms with Gasteiger partial charge >= 0.3 is 0 Å². The molecule has 1 atom stereocenters. The van der Waals surface area contributed by atoms with E-state index in [1.165, 1.54) is 5.56 Å². The fourth-order valence-electron chi connectivity index (χ4n) is 3.57. The van der Waals surface area contributed by atoms with E-state index in [0.29, 0.717) is 5.92 Å². The van der Waals surface area contributed by atoms with E-state index in [1.54, 1.807) is 7.11 Å². The Bertz CT molecular complexity index is 740. The van der Waals surface area contributed by atoms with Crippen molar-refractivity contribution in [3.8, 4) is 5.75 Å². The molecular formula is C22H28N2O2. The van der Waals surface area contributed by atoms with Gasteiger partial charge in [-0.05, 0) is 48.7 Å². The molecule has 1 aliphatic heterocycles. The zero-order chi connectivity index (χ0) is 18.5. The summed E-state index contributed by atoms with van der Waals surface area (Å²) in [5.41, 5.74) is 3.11. The summed E-state index contributed by atoms with van der Waals surface area (Å²) in [6.07, 6.45) is 3.33. The number of likely N-dealkylation sites (tertiary alicyclic amines) is 1. The second-order valence-electron chi connectivity index (χ2n) is 7.16. The number of hydrogen-bond donors (Lipinski definition) is 0. The van der Waals surface area contributed by atoms with Gasteiger partial charge in [0.05, 0.1) is 7.11 Å². The highest BCUT2D eigenvalue weighted by Crippen LogP contribution is 2.29. The molecule has 0 N–H and O–H groups in total. The van der Waals surface area contributed by atoms with Gasteiger partial charge in [-0.3, -0.25) is 4.79 Å². The highest BCUT2D eigenvalue weighted by atomic mass is 16.5. The summed E-state index contributed by atoms with van der Waals surface area (Å²) in [4.78, 5) is 17.1. The molecule has 4 nitrogen and oxygen atoms in total. The predicted molar refractivity (Wildman–Crippen MR) is 106 cm³/mol. The molecule has 0 bridgehead atoms. The Balaban J connectivity index is 1.78. The molecule has 1 saturated heterocycles. The van der Waals surface area contributed by atoms with Crippen LogP contribution in [0.1, 0.15) is 41.1 Å². The SMILES string of the molecule is COc1ccc(C2CCCCN(C(=O)c3cccc(N(C)C)c3)C2)cc1. The molecule has 4 heteroatoms. The lowest BCUT2D eigenvalue weighted by Gasteiger charge is -2.25. The van der Waals surface area contributed by atoms with E-state index in [0.717, 1.165) is 49.4 Å². The Hall–Kier alpha value is -2.49. The number of benzene rings is 2. The molecule has 3 rings (SSSR count). The van der Waals surface area contributed by atoms with Crippen molar-refractivity contribution in [2.24, 2.45) is 0 Å². The molecule has 0 saturated carbocycles. The number of anilines is 1. The van der Waals surface area contributed by atoms with Crippen molar-refractivity contribution < 1.29 is 9.53 Å². The topological polar surface area (TPSA) is 32.8 Å². The first-order valence-corrected chi connectivity index (χ1v) is 9.29. The normalized spacial score (nSPS) is 17.5. The third-order valence-corrected chi connectivity index (χ3v) is 5.16. The lowest BCUT2D eigenvalue weighted by molar-refractivity contribution is 0.0754. The molecule has 0 aromatic heterocycles. The summed E-state index contributed by atoms with van der Waals surface area (Å²) in [7, 11) is 5.67. The van der Waals surface area contributed by atoms with Gasteiger partial charge in [0, 0.05) is 44.4 Å². The summed E-state index contributed by atoms with van der Waals surface area (Å²) in [6, 6.07) is 16.2. The van der Waals surface area contributed by atoms with E-state index in [2.05, 4.69) is 12.1 Å². The molecule has 0 radical (unpaired) electrons. The highest BCUT2D eigenvalue weighted by molar-refractivity contribution is 5.95. The van der Waals surface area contributed by atoms with Crippen LogP contribution in [0.2, 0.25) is 0 Å². The maximum atomic E-state index is 13.1. The van der Waals surface area contributed by atoms with E-state index >= 15 is 0 Å². The summed E-state index contributed by atoms with van der Waals surface area (Å²) in [6.45, 7) is 1.61. The number of carbonyl (C=O) groups excluding carboxylic acids is 1. The van der Waals surface area contributed by atoms with Crippen LogP contribution in [-0.2, 0) is 0 Å². The second kappa shape index (κ2) is 8.26. The van der Waals surface area contributed by atoms with Crippen LogP contribution in [-0.4, -0.2) is 45.1 Å². The number of carbonyl (C=O) groups is 1. The highest BCUT2D eigenvalue weighted by Gasteiger charge is 2.24. The zero-order valence-corrected chi connectivity index (χ0v) is 15.9. The molecule has 1 heterocycles. The van der Waals surface area contributed by atoms with Crippen molar-refractivity contribution in [2.45, 2.75) is 25.2 Å². The summed E-state index contributed by atoms with van der Waals surface area (Å²) in [5.74, 6) is 1.38. The van der Waals surface area contributed by atoms with Crippen LogP contribution in [0.15, 0.2) is 48.5 Å². The predicted octanol–water partition coefficient (Wildman–Crippen LogP) is 4.17. The third-order valence-electron chi connectivity index (χ3n) is 5.16. The standard InChI is InChI=1S/C22H28N2O2/c1-23(2)20-9-6-8-18(15-20)22(25)24-14-5-4-7-19(16-24)17-10-12-21(26-3)13-11-17/h6,8-13,15,19H,4-5,7,14,16H2,1-3H3. The molecule has 1 fully saturated rings. The molecule has 1 amide bonds. The monoisotopic (exact) mass is 352 g/mol. The van der Waals surface area contributed by atoms with Gasteiger partial charge in [0.2, 0.25) is 0 Å². The van der Waals surface area contributed by atoms with Crippen LogP contribution in [0.5, 0.6) is 5.75 Å². The smallest absolute Gasteiger partial charge is 0.253 e. The van der Waals surface area contributed by atoms with E-state index < -0.39 is 0 Å². The largest absolute Gasteiger partial charge is 0.497 e. The fourth-order valence-corrected chi connectivity index (χ4v) is 3.57. The van der Waals surface area contributed by atoms with Crippen LogP contribution >= 0.6 is 0 Å². The summed E-state index contributed by atoms with van der Waals surface area (Å²) < 4.78 is 5.26. The van der Waals surface area contributed by atoms with Gasteiger partial charge in [0.1, 0.15) is 5.75 Å². The van der Waals surface area contributed by atoms with Crippen LogP contribution < -0.4 is 9.64 Å². The minimum Gasteiger partial charge on any atom is -0.497 e. The summed E-state index contributed by atoms with van der Waals surface area (Å²) in [5, 5.41) is 0. The van der Waals surface area contributed by atoms with Crippen molar-refractivity contribution in [3.05, 3.63) is 59.7 Å². The second-order valence-corrected chi connectivity index (χ2v) is 7.16.